The van der Waals surface area contributed by atoms with Gasteiger partial charge < -0.3 is 0 Å². The molecule has 0 radical (unpaired) electrons. The smallest absolute Gasteiger partial charge is 0.299 e. The molecule has 4 heteroatoms. The first-order valence-electron chi connectivity index (χ1n) is 3.49. The van der Waals surface area contributed by atoms with Gasteiger partial charge in [0.1, 0.15) is 0 Å². The van der Waals surface area contributed by atoms with E-state index in [-0.39, 0.29) is 6.16 Å². The van der Waals surface area contributed by atoms with Crippen molar-refractivity contribution < 1.29 is 14.6 Å². The Hall–Kier alpha value is -0.760. The maximum Gasteiger partial charge on any atom is 0.306 e. The van der Waals surface area contributed by atoms with E-state index in [0.29, 0.717) is 11.6 Å². The van der Waals surface area contributed by atoms with E-state index in [2.05, 4.69) is 0 Å². The number of rotatable bonds is 3. The highest BCUT2D eigenvalue weighted by molar-refractivity contribution is 7.73. The van der Waals surface area contributed by atoms with Crippen LogP contribution in [0.15, 0.2) is 30.3 Å². The van der Waals surface area contributed by atoms with E-state index in [1.54, 1.807) is 30.3 Å². The molecule has 0 saturated heterocycles. The predicted molar refractivity (Wildman–Crippen MR) is 48.4 cm³/mol. The van der Waals surface area contributed by atoms with Crippen LogP contribution in [-0.4, -0.2) is 22.2 Å². The van der Waals surface area contributed by atoms with Crippen molar-refractivity contribution in [3.05, 3.63) is 30.3 Å². The zero-order valence-electron chi connectivity index (χ0n) is 6.42. The van der Waals surface area contributed by atoms with Crippen LogP contribution in [0, 0.1) is 0 Å². The lowest BCUT2D eigenvalue weighted by molar-refractivity contribution is -0.105. The van der Waals surface area contributed by atoms with Gasteiger partial charge in [0.25, 0.3) is 0 Å². The Morgan fingerprint density at radius 1 is 1.25 bits per heavy atom. The first-order chi connectivity index (χ1) is 5.67. The molecule has 0 aromatic heterocycles. The maximum absolute atomic E-state index is 10.1. The van der Waals surface area contributed by atoms with E-state index >= 15 is 0 Å². The average Bonchev–Trinajstić information content (AvgIpc) is 2.06. The standard InChI is InChI=1S/C8H10O3P/c9-6-7-12(10,11)8-4-2-1-3-5-8/h1-6,10-11H,7H2/q+1. The number of carbonyl (C=O) groups is 1. The van der Waals surface area contributed by atoms with Crippen molar-refractivity contribution in [3.63, 3.8) is 0 Å². The number of hydrogen-bond donors (Lipinski definition) is 2. The van der Waals surface area contributed by atoms with Gasteiger partial charge in [0.2, 0.25) is 0 Å². The first-order valence-corrected chi connectivity index (χ1v) is 5.37. The quantitative estimate of drug-likeness (QED) is 0.527. The average molecular weight is 185 g/mol. The highest BCUT2D eigenvalue weighted by atomic mass is 31.2. The summed E-state index contributed by atoms with van der Waals surface area (Å²) >= 11 is 0. The Balaban J connectivity index is 2.89. The van der Waals surface area contributed by atoms with Crippen molar-refractivity contribution in [1.82, 2.24) is 0 Å². The summed E-state index contributed by atoms with van der Waals surface area (Å²) in [6.45, 7) is 0. The fourth-order valence-corrected chi connectivity index (χ4v) is 1.94. The van der Waals surface area contributed by atoms with Crippen LogP contribution >= 0.6 is 7.72 Å². The van der Waals surface area contributed by atoms with E-state index in [9.17, 15) is 14.6 Å². The summed E-state index contributed by atoms with van der Waals surface area (Å²) in [5.74, 6) is 0. The Labute approximate surface area is 71.2 Å². The zero-order chi connectivity index (χ0) is 9.03. The predicted octanol–water partition coefficient (Wildman–Crippen LogP) is 0.343. The van der Waals surface area contributed by atoms with Gasteiger partial charge in [0.15, 0.2) is 17.8 Å². The lowest BCUT2D eigenvalue weighted by Gasteiger charge is -2.07. The molecule has 0 atom stereocenters. The van der Waals surface area contributed by atoms with Crippen LogP contribution in [0.3, 0.4) is 0 Å². The summed E-state index contributed by atoms with van der Waals surface area (Å²) < 4.78 is 0. The maximum atomic E-state index is 10.1. The SMILES string of the molecule is O=CC[P+](O)(O)c1ccccc1. The van der Waals surface area contributed by atoms with Crippen LogP contribution in [0.4, 0.5) is 0 Å². The van der Waals surface area contributed by atoms with Gasteiger partial charge in [0, 0.05) is 0 Å². The van der Waals surface area contributed by atoms with Crippen LogP contribution in [-0.2, 0) is 4.79 Å². The Morgan fingerprint density at radius 3 is 2.33 bits per heavy atom. The summed E-state index contributed by atoms with van der Waals surface area (Å²) in [4.78, 5) is 28.9. The minimum atomic E-state index is -3.16. The third kappa shape index (κ3) is 2.11. The van der Waals surface area contributed by atoms with E-state index in [4.69, 9.17) is 0 Å². The molecule has 1 aromatic carbocycles. The van der Waals surface area contributed by atoms with E-state index in [1.807, 2.05) is 0 Å². The molecule has 0 heterocycles. The number of carbonyl (C=O) groups excluding carboxylic acids is 1. The van der Waals surface area contributed by atoms with Gasteiger partial charge in [-0.3, -0.25) is 4.79 Å². The first kappa shape index (κ1) is 9.33. The minimum absolute atomic E-state index is 0.197. The molecule has 0 aliphatic carbocycles. The van der Waals surface area contributed by atoms with Crippen molar-refractivity contribution in [2.24, 2.45) is 0 Å². The van der Waals surface area contributed by atoms with Gasteiger partial charge in [-0.1, -0.05) is 18.2 Å². The van der Waals surface area contributed by atoms with E-state index < -0.39 is 7.72 Å². The van der Waals surface area contributed by atoms with E-state index in [1.165, 1.54) is 0 Å². The molecule has 0 spiro atoms. The summed E-state index contributed by atoms with van der Waals surface area (Å²) in [6.07, 6.45) is 0.331. The normalized spacial score (nSPS) is 11.2. The third-order valence-electron chi connectivity index (χ3n) is 1.50. The molecule has 0 unspecified atom stereocenters. The van der Waals surface area contributed by atoms with Crippen LogP contribution < -0.4 is 5.30 Å². The van der Waals surface area contributed by atoms with Gasteiger partial charge >= 0.3 is 7.72 Å². The zero-order valence-corrected chi connectivity index (χ0v) is 7.32. The molecule has 1 aromatic rings. The van der Waals surface area contributed by atoms with Crippen molar-refractivity contribution in [2.75, 3.05) is 6.16 Å². The van der Waals surface area contributed by atoms with Gasteiger partial charge in [-0.15, -0.1) is 0 Å². The van der Waals surface area contributed by atoms with Crippen LogP contribution in [0.5, 0.6) is 0 Å². The second-order valence-electron chi connectivity index (χ2n) is 2.42. The highest BCUT2D eigenvalue weighted by Gasteiger charge is 2.35. The van der Waals surface area contributed by atoms with Gasteiger partial charge in [-0.2, -0.15) is 0 Å². The molecule has 0 amide bonds. The third-order valence-corrected chi connectivity index (χ3v) is 3.28. The van der Waals surface area contributed by atoms with Crippen LogP contribution in [0.1, 0.15) is 0 Å². The molecule has 0 fully saturated rings. The highest BCUT2D eigenvalue weighted by Crippen LogP contribution is 2.46. The van der Waals surface area contributed by atoms with Crippen molar-refractivity contribution in [3.8, 4) is 0 Å². The number of aldehydes is 1. The minimum Gasteiger partial charge on any atom is -0.299 e. The molecule has 12 heavy (non-hydrogen) atoms. The molecule has 0 aliphatic rings. The fourth-order valence-electron chi connectivity index (χ4n) is 0.876. The largest absolute Gasteiger partial charge is 0.306 e. The van der Waals surface area contributed by atoms with Crippen molar-refractivity contribution in [2.45, 2.75) is 0 Å². The van der Waals surface area contributed by atoms with Crippen molar-refractivity contribution >= 4 is 19.3 Å². The molecule has 0 bridgehead atoms. The monoisotopic (exact) mass is 185 g/mol. The second-order valence-corrected chi connectivity index (χ2v) is 4.76. The number of benzene rings is 1. The lowest BCUT2D eigenvalue weighted by Crippen LogP contribution is -2.13. The summed E-state index contributed by atoms with van der Waals surface area (Å²) in [6, 6.07) is 8.42. The van der Waals surface area contributed by atoms with E-state index in [0.717, 1.165) is 0 Å². The topological polar surface area (TPSA) is 57.5 Å². The molecule has 3 nitrogen and oxygen atoms in total. The summed E-state index contributed by atoms with van der Waals surface area (Å²) in [7, 11) is -3.16. The number of hydrogen-bond acceptors (Lipinski definition) is 3. The van der Waals surface area contributed by atoms with Crippen LogP contribution in [0.2, 0.25) is 0 Å². The van der Waals surface area contributed by atoms with Crippen LogP contribution in [0.25, 0.3) is 0 Å². The molecule has 0 saturated carbocycles. The molecule has 0 aliphatic heterocycles. The van der Waals surface area contributed by atoms with Gasteiger partial charge in [0.05, 0.1) is 0 Å². The molecular weight excluding hydrogens is 175 g/mol. The van der Waals surface area contributed by atoms with Crippen molar-refractivity contribution in [1.29, 1.82) is 0 Å². The fraction of sp³-hybridized carbons (Fsp3) is 0.125. The molecule has 64 valence electrons. The molecule has 2 N–H and O–H groups in total. The Kier molecular flexibility index (Phi) is 2.93. The summed E-state index contributed by atoms with van der Waals surface area (Å²) in [5.41, 5.74) is 0. The molecular formula is C8H10O3P+. The molecule has 1 rings (SSSR count). The van der Waals surface area contributed by atoms with Gasteiger partial charge in [-0.05, 0) is 12.1 Å². The lowest BCUT2D eigenvalue weighted by atomic mass is 10.4. The Bertz CT molecular complexity index is 258. The Morgan fingerprint density at radius 2 is 1.83 bits per heavy atom. The summed E-state index contributed by atoms with van der Waals surface area (Å²) in [5, 5.41) is 0.442. The second kappa shape index (κ2) is 3.76. The van der Waals surface area contributed by atoms with Gasteiger partial charge in [-0.25, -0.2) is 9.79 Å².